The summed E-state index contributed by atoms with van der Waals surface area (Å²) in [4.78, 5) is 31.0. The van der Waals surface area contributed by atoms with Crippen LogP contribution in [0.25, 0.3) is 0 Å². The fourth-order valence-corrected chi connectivity index (χ4v) is 4.00. The van der Waals surface area contributed by atoms with Gasteiger partial charge in [-0.2, -0.15) is 0 Å². The topological polar surface area (TPSA) is 76.5 Å². The normalized spacial score (nSPS) is 25.6. The first-order valence-electron chi connectivity index (χ1n) is 9.03. The number of nitrogens with one attached hydrogen (secondary N) is 1. The molecule has 2 amide bonds. The van der Waals surface area contributed by atoms with E-state index in [1.807, 2.05) is 17.8 Å². The summed E-state index contributed by atoms with van der Waals surface area (Å²) in [5, 5.41) is 3.06. The van der Waals surface area contributed by atoms with Gasteiger partial charge < -0.3 is 19.5 Å². The predicted octanol–water partition coefficient (Wildman–Crippen LogP) is 1.40. The first-order chi connectivity index (χ1) is 12.0. The van der Waals surface area contributed by atoms with E-state index < -0.39 is 0 Å². The van der Waals surface area contributed by atoms with Crippen LogP contribution in [0.4, 0.5) is 0 Å². The van der Waals surface area contributed by atoms with Crippen LogP contribution in [0.1, 0.15) is 50.4 Å². The molecule has 0 radical (unpaired) electrons. The van der Waals surface area contributed by atoms with Gasteiger partial charge in [0.1, 0.15) is 11.9 Å². The lowest BCUT2D eigenvalue weighted by Crippen LogP contribution is -2.48. The zero-order valence-electron chi connectivity index (χ0n) is 15.3. The fraction of sp³-hybridized carbons (Fsp3) is 0.722. The monoisotopic (exact) mass is 348 g/mol. The van der Waals surface area contributed by atoms with Crippen molar-refractivity contribution in [1.29, 1.82) is 0 Å². The van der Waals surface area contributed by atoms with Crippen molar-refractivity contribution in [2.24, 2.45) is 13.0 Å². The molecule has 1 N–H and O–H groups in total. The summed E-state index contributed by atoms with van der Waals surface area (Å²) < 4.78 is 7.49. The van der Waals surface area contributed by atoms with Crippen molar-refractivity contribution in [2.45, 2.75) is 50.2 Å². The molecule has 1 aliphatic carbocycles. The average molecular weight is 348 g/mol. The molecule has 1 aliphatic heterocycles. The summed E-state index contributed by atoms with van der Waals surface area (Å²) in [7, 11) is 5.40. The maximum Gasteiger partial charge on any atom is 0.225 e. The number of ether oxygens (including phenoxy) is 1. The number of hydrogen-bond acceptors (Lipinski definition) is 4. The molecule has 1 aromatic rings. The van der Waals surface area contributed by atoms with E-state index in [1.165, 1.54) is 6.42 Å². The molecule has 1 aromatic heterocycles. The van der Waals surface area contributed by atoms with Gasteiger partial charge in [-0.25, -0.2) is 4.98 Å². The lowest BCUT2D eigenvalue weighted by molar-refractivity contribution is -0.142. The molecule has 0 aromatic carbocycles. The molecule has 2 atom stereocenters. The Balaban J connectivity index is 1.67. The second kappa shape index (κ2) is 7.15. The number of rotatable bonds is 6. The number of aryl methyl sites for hydroxylation is 1. The van der Waals surface area contributed by atoms with Crippen LogP contribution < -0.4 is 5.32 Å². The Morgan fingerprint density at radius 2 is 2.20 bits per heavy atom. The fourth-order valence-electron chi connectivity index (χ4n) is 4.00. The number of piperidine rings is 1. The third-order valence-electron chi connectivity index (χ3n) is 5.90. The van der Waals surface area contributed by atoms with Gasteiger partial charge in [0.15, 0.2) is 0 Å². The highest BCUT2D eigenvalue weighted by Crippen LogP contribution is 2.38. The second-order valence-corrected chi connectivity index (χ2v) is 7.27. The Morgan fingerprint density at radius 3 is 2.76 bits per heavy atom. The maximum atomic E-state index is 12.8. The quantitative estimate of drug-likeness (QED) is 0.843. The highest BCUT2D eigenvalue weighted by molar-refractivity contribution is 5.84. The Bertz CT molecular complexity index is 633. The molecule has 0 spiro atoms. The summed E-state index contributed by atoms with van der Waals surface area (Å²) in [5.41, 5.74) is -0.0499. The Morgan fingerprint density at radius 1 is 1.44 bits per heavy atom. The predicted molar refractivity (Wildman–Crippen MR) is 92.7 cm³/mol. The number of aromatic nitrogens is 2. The molecule has 2 fully saturated rings. The van der Waals surface area contributed by atoms with Crippen LogP contribution in [-0.2, 0) is 21.4 Å². The van der Waals surface area contributed by atoms with E-state index in [-0.39, 0.29) is 29.4 Å². The first-order valence-corrected chi connectivity index (χ1v) is 9.03. The van der Waals surface area contributed by atoms with Crippen molar-refractivity contribution in [1.82, 2.24) is 19.8 Å². The van der Waals surface area contributed by atoms with Gasteiger partial charge in [-0.3, -0.25) is 9.59 Å². The van der Waals surface area contributed by atoms with Crippen molar-refractivity contribution in [3.63, 3.8) is 0 Å². The molecule has 138 valence electrons. The van der Waals surface area contributed by atoms with Crippen LogP contribution in [0, 0.1) is 5.92 Å². The van der Waals surface area contributed by atoms with Gasteiger partial charge in [-0.05, 0) is 32.1 Å². The summed E-state index contributed by atoms with van der Waals surface area (Å²) in [6, 6.07) is -0.318. The summed E-state index contributed by atoms with van der Waals surface area (Å²) in [6.45, 7) is 0.605. The van der Waals surface area contributed by atoms with Gasteiger partial charge in [-0.1, -0.05) is 0 Å². The smallest absolute Gasteiger partial charge is 0.225 e. The summed E-state index contributed by atoms with van der Waals surface area (Å²) >= 11 is 0. The van der Waals surface area contributed by atoms with Crippen LogP contribution in [0.5, 0.6) is 0 Å². The van der Waals surface area contributed by atoms with E-state index in [1.54, 1.807) is 25.3 Å². The number of likely N-dealkylation sites (tertiary alicyclic amines) is 1. The highest BCUT2D eigenvalue weighted by atomic mass is 16.5. The average Bonchev–Trinajstić information content (AvgIpc) is 2.98. The van der Waals surface area contributed by atoms with Crippen molar-refractivity contribution < 1.29 is 14.3 Å². The van der Waals surface area contributed by atoms with E-state index in [0.717, 1.165) is 25.1 Å². The van der Waals surface area contributed by atoms with E-state index in [2.05, 4.69) is 10.3 Å². The van der Waals surface area contributed by atoms with Gasteiger partial charge in [-0.15, -0.1) is 0 Å². The van der Waals surface area contributed by atoms with Crippen LogP contribution >= 0.6 is 0 Å². The number of amides is 2. The van der Waals surface area contributed by atoms with Crippen molar-refractivity contribution in [3.05, 3.63) is 18.2 Å². The number of nitrogens with zero attached hydrogens (tertiary/aromatic N) is 3. The van der Waals surface area contributed by atoms with Gasteiger partial charge in [0.2, 0.25) is 11.8 Å². The Kier molecular flexibility index (Phi) is 5.13. The largest absolute Gasteiger partial charge is 0.378 e. The molecule has 3 rings (SSSR count). The van der Waals surface area contributed by atoms with E-state index in [4.69, 9.17) is 4.74 Å². The van der Waals surface area contributed by atoms with E-state index in [9.17, 15) is 9.59 Å². The molecular formula is C18H28N4O3. The van der Waals surface area contributed by atoms with E-state index >= 15 is 0 Å². The Hall–Kier alpha value is -1.89. The number of carbonyl (C=O) groups excluding carboxylic acids is 2. The zero-order valence-corrected chi connectivity index (χ0v) is 15.3. The second-order valence-electron chi connectivity index (χ2n) is 7.27. The van der Waals surface area contributed by atoms with Gasteiger partial charge in [0, 0.05) is 46.6 Å². The number of methoxy groups -OCH3 is 1. The summed E-state index contributed by atoms with van der Waals surface area (Å²) in [6.07, 6.45) is 8.67. The van der Waals surface area contributed by atoms with Crippen LogP contribution in [0.3, 0.4) is 0 Å². The van der Waals surface area contributed by atoms with Crippen molar-refractivity contribution in [3.8, 4) is 0 Å². The molecule has 25 heavy (non-hydrogen) atoms. The van der Waals surface area contributed by atoms with Crippen LogP contribution in [0.15, 0.2) is 12.4 Å². The molecule has 2 heterocycles. The molecule has 2 aliphatic rings. The van der Waals surface area contributed by atoms with Gasteiger partial charge >= 0.3 is 0 Å². The minimum Gasteiger partial charge on any atom is -0.378 e. The molecule has 7 heteroatoms. The lowest BCUT2D eigenvalue weighted by Gasteiger charge is -2.41. The SMILES string of the molecule is COC1(CCNC(=O)[C@H]2CCC(=O)N(C)[C@@H]2c2nccn2C)CCC1. The molecule has 0 unspecified atom stereocenters. The van der Waals surface area contributed by atoms with Gasteiger partial charge in [0.25, 0.3) is 0 Å². The molecule has 1 saturated carbocycles. The molecule has 7 nitrogen and oxygen atoms in total. The minimum absolute atomic E-state index is 0.00192. The summed E-state index contributed by atoms with van der Waals surface area (Å²) in [5.74, 6) is 0.537. The lowest BCUT2D eigenvalue weighted by atomic mass is 9.77. The third kappa shape index (κ3) is 3.42. The van der Waals surface area contributed by atoms with Crippen molar-refractivity contribution in [2.75, 3.05) is 20.7 Å². The minimum atomic E-state index is -0.318. The van der Waals surface area contributed by atoms with E-state index in [0.29, 0.717) is 19.4 Å². The molecule has 0 bridgehead atoms. The maximum absolute atomic E-state index is 12.8. The number of carbonyl (C=O) groups is 2. The van der Waals surface area contributed by atoms with Crippen LogP contribution in [0.2, 0.25) is 0 Å². The third-order valence-corrected chi connectivity index (χ3v) is 5.90. The molecular weight excluding hydrogens is 320 g/mol. The highest BCUT2D eigenvalue weighted by Gasteiger charge is 2.41. The van der Waals surface area contributed by atoms with Crippen molar-refractivity contribution >= 4 is 11.8 Å². The standard InChI is InChI=1S/C18H28N4O3/c1-21-12-11-19-16(21)15-13(5-6-14(23)22(15)2)17(24)20-10-9-18(25-3)7-4-8-18/h11-13,15H,4-10H2,1-3H3,(H,20,24)/t13-,15-/m0/s1. The van der Waals surface area contributed by atoms with Gasteiger partial charge in [0.05, 0.1) is 11.5 Å². The number of imidazole rings is 1. The zero-order chi connectivity index (χ0) is 18.0. The van der Waals surface area contributed by atoms with Crippen LogP contribution in [-0.4, -0.2) is 52.6 Å². The number of hydrogen-bond donors (Lipinski definition) is 1. The first kappa shape index (κ1) is 17.9. The Labute approximate surface area is 148 Å². The molecule has 1 saturated heterocycles.